The van der Waals surface area contributed by atoms with Gasteiger partial charge in [0, 0.05) is 15.3 Å². The van der Waals surface area contributed by atoms with Crippen LogP contribution in [0.5, 0.6) is 5.75 Å². The molecule has 0 atom stereocenters. The van der Waals surface area contributed by atoms with E-state index in [1.165, 1.54) is 30.0 Å². The van der Waals surface area contributed by atoms with Crippen molar-refractivity contribution in [1.29, 1.82) is 5.26 Å². The Balaban J connectivity index is 1.95. The van der Waals surface area contributed by atoms with E-state index in [0.717, 1.165) is 16.1 Å². The number of methoxy groups -OCH3 is 1. The van der Waals surface area contributed by atoms with Gasteiger partial charge in [0.2, 0.25) is 0 Å². The maximum absolute atomic E-state index is 11.2. The molecule has 0 amide bonds. The van der Waals surface area contributed by atoms with Crippen LogP contribution >= 0.6 is 23.3 Å². The molecule has 0 saturated heterocycles. The predicted molar refractivity (Wildman–Crippen MR) is 109 cm³/mol. The Morgan fingerprint density at radius 3 is 2.67 bits per heavy atom. The van der Waals surface area contributed by atoms with Gasteiger partial charge < -0.3 is 14.6 Å². The van der Waals surface area contributed by atoms with Crippen molar-refractivity contribution in [1.82, 2.24) is 0 Å². The Kier molecular flexibility index (Phi) is 5.69. The van der Waals surface area contributed by atoms with Gasteiger partial charge in [0.05, 0.1) is 34.9 Å². The fraction of sp³-hybridized carbons (Fsp3) is 0.100. The van der Waals surface area contributed by atoms with E-state index in [1.807, 2.05) is 19.1 Å². The first-order valence-electron chi connectivity index (χ1n) is 7.97. The van der Waals surface area contributed by atoms with Crippen LogP contribution in [0.3, 0.4) is 0 Å². The number of hydrogen-bond acceptors (Lipinski definition) is 6. The summed E-state index contributed by atoms with van der Waals surface area (Å²) in [6.45, 7) is 2.04. The number of nitrogens with one attached hydrogen (secondary N) is 1. The summed E-state index contributed by atoms with van der Waals surface area (Å²) in [5.41, 5.74) is 2.48. The molecule has 5 nitrogen and oxygen atoms in total. The van der Waals surface area contributed by atoms with Crippen LogP contribution in [0.25, 0.3) is 10.4 Å². The minimum absolute atomic E-state index is 0.181. The number of rotatable bonds is 6. The zero-order valence-corrected chi connectivity index (χ0v) is 16.3. The van der Waals surface area contributed by atoms with E-state index in [2.05, 4.69) is 16.9 Å². The molecule has 2 N–H and O–H groups in total. The zero-order chi connectivity index (χ0) is 19.4. The van der Waals surface area contributed by atoms with Crippen LogP contribution < -0.4 is 9.46 Å². The SMILES string of the molecule is COc1ccc(C(=O)O)cc1SNc1cc(C#N)ccc1-c1ccc(C)s1. The van der Waals surface area contributed by atoms with E-state index in [4.69, 9.17) is 4.74 Å². The molecule has 0 spiro atoms. The second-order valence-electron chi connectivity index (χ2n) is 5.66. The van der Waals surface area contributed by atoms with E-state index in [0.29, 0.717) is 16.2 Å². The van der Waals surface area contributed by atoms with Gasteiger partial charge in [-0.05, 0) is 61.3 Å². The smallest absolute Gasteiger partial charge is 0.335 e. The third-order valence-electron chi connectivity index (χ3n) is 3.84. The highest BCUT2D eigenvalue weighted by molar-refractivity contribution is 8.00. The number of carboxylic acid groups (broad SMARTS) is 1. The summed E-state index contributed by atoms with van der Waals surface area (Å²) < 4.78 is 8.58. The lowest BCUT2D eigenvalue weighted by Crippen LogP contribution is -1.99. The fourth-order valence-electron chi connectivity index (χ4n) is 2.49. The minimum atomic E-state index is -0.999. The summed E-state index contributed by atoms with van der Waals surface area (Å²) in [5, 5.41) is 18.4. The summed E-state index contributed by atoms with van der Waals surface area (Å²) in [6.07, 6.45) is 0. The van der Waals surface area contributed by atoms with Gasteiger partial charge in [0.1, 0.15) is 5.75 Å². The van der Waals surface area contributed by atoms with Gasteiger partial charge >= 0.3 is 5.97 Å². The number of ether oxygens (including phenoxy) is 1. The van der Waals surface area contributed by atoms with Crippen molar-refractivity contribution < 1.29 is 14.6 Å². The van der Waals surface area contributed by atoms with Crippen LogP contribution in [0.4, 0.5) is 5.69 Å². The molecule has 0 aliphatic rings. The van der Waals surface area contributed by atoms with Crippen molar-refractivity contribution in [2.24, 2.45) is 0 Å². The Morgan fingerprint density at radius 2 is 2.04 bits per heavy atom. The Morgan fingerprint density at radius 1 is 1.22 bits per heavy atom. The van der Waals surface area contributed by atoms with Gasteiger partial charge in [0.25, 0.3) is 0 Å². The molecule has 1 heterocycles. The minimum Gasteiger partial charge on any atom is -0.496 e. The van der Waals surface area contributed by atoms with E-state index >= 15 is 0 Å². The summed E-state index contributed by atoms with van der Waals surface area (Å²) in [4.78, 5) is 14.2. The number of aromatic carboxylic acids is 1. The Hall–Kier alpha value is -2.95. The highest BCUT2D eigenvalue weighted by Gasteiger charge is 2.13. The van der Waals surface area contributed by atoms with Crippen molar-refractivity contribution >= 4 is 34.9 Å². The van der Waals surface area contributed by atoms with E-state index < -0.39 is 5.97 Å². The number of benzene rings is 2. The van der Waals surface area contributed by atoms with Crippen molar-refractivity contribution in [3.05, 3.63) is 64.5 Å². The molecule has 0 radical (unpaired) electrons. The molecule has 0 aliphatic heterocycles. The van der Waals surface area contributed by atoms with Gasteiger partial charge in [0.15, 0.2) is 0 Å². The van der Waals surface area contributed by atoms with Crippen LogP contribution in [0, 0.1) is 18.3 Å². The molecule has 3 aromatic rings. The topological polar surface area (TPSA) is 82.3 Å². The van der Waals surface area contributed by atoms with Gasteiger partial charge in [-0.15, -0.1) is 11.3 Å². The highest BCUT2D eigenvalue weighted by Crippen LogP contribution is 2.38. The quantitative estimate of drug-likeness (QED) is 0.541. The molecule has 0 unspecified atom stereocenters. The van der Waals surface area contributed by atoms with E-state index in [-0.39, 0.29) is 5.56 Å². The lowest BCUT2D eigenvalue weighted by Gasteiger charge is -2.13. The number of nitrogens with zero attached hydrogens (tertiary/aromatic N) is 1. The maximum atomic E-state index is 11.2. The normalized spacial score (nSPS) is 10.3. The summed E-state index contributed by atoms with van der Waals surface area (Å²) in [5.74, 6) is -0.428. The number of thiophene rings is 1. The predicted octanol–water partition coefficient (Wildman–Crippen LogP) is 5.42. The van der Waals surface area contributed by atoms with Crippen LogP contribution in [-0.2, 0) is 0 Å². The summed E-state index contributed by atoms with van der Waals surface area (Å²) in [7, 11) is 1.54. The fourth-order valence-corrected chi connectivity index (χ4v) is 4.23. The zero-order valence-electron chi connectivity index (χ0n) is 14.6. The summed E-state index contributed by atoms with van der Waals surface area (Å²) in [6, 6.07) is 16.4. The van der Waals surface area contributed by atoms with Crippen molar-refractivity contribution in [3.63, 3.8) is 0 Å². The third-order valence-corrected chi connectivity index (χ3v) is 5.73. The van der Waals surface area contributed by atoms with Crippen LogP contribution in [-0.4, -0.2) is 18.2 Å². The average Bonchev–Trinajstić information content (AvgIpc) is 3.11. The maximum Gasteiger partial charge on any atom is 0.335 e. The van der Waals surface area contributed by atoms with Gasteiger partial charge in [-0.25, -0.2) is 4.79 Å². The number of aryl methyl sites for hydroxylation is 1. The number of carboxylic acids is 1. The second-order valence-corrected chi connectivity index (χ2v) is 7.79. The van der Waals surface area contributed by atoms with Crippen LogP contribution in [0.1, 0.15) is 20.8 Å². The Labute approximate surface area is 165 Å². The molecule has 2 aromatic carbocycles. The van der Waals surface area contributed by atoms with Crippen LogP contribution in [0.2, 0.25) is 0 Å². The highest BCUT2D eigenvalue weighted by atomic mass is 32.2. The molecule has 136 valence electrons. The molecule has 1 aromatic heterocycles. The first-order chi connectivity index (χ1) is 13.0. The molecule has 0 aliphatic carbocycles. The van der Waals surface area contributed by atoms with Gasteiger partial charge in [-0.2, -0.15) is 5.26 Å². The Bertz CT molecular complexity index is 1040. The van der Waals surface area contributed by atoms with Crippen molar-refractivity contribution in [2.45, 2.75) is 11.8 Å². The number of hydrogen-bond donors (Lipinski definition) is 2. The monoisotopic (exact) mass is 396 g/mol. The first-order valence-corrected chi connectivity index (χ1v) is 9.60. The molecule has 0 fully saturated rings. The average molecular weight is 396 g/mol. The molecular weight excluding hydrogens is 380 g/mol. The standard InChI is InChI=1S/C20H16N2O3S2/c1-12-3-8-18(26-12)15-6-4-13(11-21)9-16(15)22-27-19-10-14(20(23)24)5-7-17(19)25-2/h3-10,22H,1-2H3,(H,23,24). The molecule has 7 heteroatoms. The van der Waals surface area contributed by atoms with E-state index in [9.17, 15) is 15.2 Å². The van der Waals surface area contributed by atoms with Gasteiger partial charge in [-0.3, -0.25) is 0 Å². The van der Waals surface area contributed by atoms with E-state index in [1.54, 1.807) is 35.6 Å². The number of nitriles is 1. The van der Waals surface area contributed by atoms with Crippen LogP contribution in [0.15, 0.2) is 53.4 Å². The summed E-state index contributed by atoms with van der Waals surface area (Å²) >= 11 is 2.92. The molecule has 0 saturated carbocycles. The largest absolute Gasteiger partial charge is 0.496 e. The number of anilines is 1. The third kappa shape index (κ3) is 4.25. The van der Waals surface area contributed by atoms with Crippen molar-refractivity contribution in [3.8, 4) is 22.3 Å². The first kappa shape index (κ1) is 18.8. The molecule has 3 rings (SSSR count). The molecule has 27 heavy (non-hydrogen) atoms. The lowest BCUT2D eigenvalue weighted by molar-refractivity contribution is 0.0696. The molecular formula is C20H16N2O3S2. The molecule has 0 bridgehead atoms. The number of carbonyl (C=O) groups is 1. The lowest BCUT2D eigenvalue weighted by atomic mass is 10.1. The second kappa shape index (κ2) is 8.16. The van der Waals surface area contributed by atoms with Gasteiger partial charge in [-0.1, -0.05) is 6.07 Å². The van der Waals surface area contributed by atoms with Crippen molar-refractivity contribution in [2.75, 3.05) is 11.8 Å².